The van der Waals surface area contributed by atoms with E-state index in [-0.39, 0.29) is 6.03 Å². The molecule has 2 aromatic rings. The van der Waals surface area contributed by atoms with Crippen molar-refractivity contribution in [3.8, 4) is 0 Å². The number of aromatic nitrogens is 2. The van der Waals surface area contributed by atoms with Gasteiger partial charge in [-0.15, -0.1) is 0 Å². The van der Waals surface area contributed by atoms with Gasteiger partial charge in [0.25, 0.3) is 0 Å². The van der Waals surface area contributed by atoms with E-state index in [9.17, 15) is 4.79 Å². The molecule has 0 aliphatic carbocycles. The molecule has 1 amide bonds. The molecule has 0 aromatic carbocycles. The summed E-state index contributed by atoms with van der Waals surface area (Å²) in [6, 6.07) is 3.70. The molecule has 0 radical (unpaired) electrons. The molecular formula is C15H20N4O. The summed E-state index contributed by atoms with van der Waals surface area (Å²) >= 11 is 0. The fourth-order valence-corrected chi connectivity index (χ4v) is 2.75. The Kier molecular flexibility index (Phi) is 3.97. The smallest absolute Gasteiger partial charge is 0.326 e. The maximum Gasteiger partial charge on any atom is 0.326 e. The molecule has 5 heteroatoms. The number of likely N-dealkylation sites (tertiary alicyclic amines) is 1. The van der Waals surface area contributed by atoms with Crippen LogP contribution in [-0.2, 0) is 0 Å². The number of fused-ring (bicyclic) bond motifs is 1. The van der Waals surface area contributed by atoms with E-state index in [1.165, 1.54) is 19.3 Å². The van der Waals surface area contributed by atoms with Crippen LogP contribution in [0, 0.1) is 0 Å². The van der Waals surface area contributed by atoms with Gasteiger partial charge in [-0.25, -0.2) is 4.79 Å². The van der Waals surface area contributed by atoms with E-state index in [0.29, 0.717) is 6.54 Å². The molecule has 1 N–H and O–H groups in total. The van der Waals surface area contributed by atoms with Crippen LogP contribution < -0.4 is 5.32 Å². The number of pyridine rings is 1. The Morgan fingerprint density at radius 1 is 1.25 bits per heavy atom. The highest BCUT2D eigenvalue weighted by Crippen LogP contribution is 2.13. The molecule has 2 aromatic heterocycles. The highest BCUT2D eigenvalue weighted by Gasteiger charge is 2.11. The van der Waals surface area contributed by atoms with E-state index in [0.717, 1.165) is 30.5 Å². The van der Waals surface area contributed by atoms with E-state index in [2.05, 4.69) is 15.2 Å². The van der Waals surface area contributed by atoms with Gasteiger partial charge in [-0.05, 0) is 38.1 Å². The number of hydrogen-bond acceptors (Lipinski definition) is 3. The minimum absolute atomic E-state index is 0.0665. The van der Waals surface area contributed by atoms with Crippen molar-refractivity contribution in [1.82, 2.24) is 19.8 Å². The van der Waals surface area contributed by atoms with Crippen molar-refractivity contribution in [2.45, 2.75) is 19.3 Å². The van der Waals surface area contributed by atoms with Gasteiger partial charge in [0, 0.05) is 37.1 Å². The lowest BCUT2D eigenvalue weighted by atomic mass is 10.1. The quantitative estimate of drug-likeness (QED) is 0.930. The third-order valence-corrected chi connectivity index (χ3v) is 3.86. The Hall–Kier alpha value is -1.88. The van der Waals surface area contributed by atoms with Gasteiger partial charge in [0.2, 0.25) is 0 Å². The second-order valence-electron chi connectivity index (χ2n) is 5.25. The lowest BCUT2D eigenvalue weighted by molar-refractivity contribution is 0.221. The van der Waals surface area contributed by atoms with Crippen LogP contribution in [0.25, 0.3) is 10.9 Å². The minimum Gasteiger partial charge on any atom is -0.336 e. The SMILES string of the molecule is O=C(NCCN1CCCCC1)n1ccc2cnccc21. The summed E-state index contributed by atoms with van der Waals surface area (Å²) < 4.78 is 1.65. The number of nitrogens with zero attached hydrogens (tertiary/aromatic N) is 3. The van der Waals surface area contributed by atoms with Crippen molar-refractivity contribution in [2.24, 2.45) is 0 Å². The van der Waals surface area contributed by atoms with Crippen LogP contribution in [-0.4, -0.2) is 46.7 Å². The number of piperidine rings is 1. The van der Waals surface area contributed by atoms with Crippen molar-refractivity contribution >= 4 is 16.9 Å². The minimum atomic E-state index is -0.0665. The fraction of sp³-hybridized carbons (Fsp3) is 0.467. The molecule has 1 aliphatic rings. The van der Waals surface area contributed by atoms with E-state index in [1.54, 1.807) is 23.2 Å². The Morgan fingerprint density at radius 2 is 2.10 bits per heavy atom. The molecule has 0 spiro atoms. The van der Waals surface area contributed by atoms with Gasteiger partial charge in [-0.1, -0.05) is 6.42 Å². The van der Waals surface area contributed by atoms with Gasteiger partial charge in [0.15, 0.2) is 0 Å². The van der Waals surface area contributed by atoms with Gasteiger partial charge >= 0.3 is 6.03 Å². The zero-order valence-electron chi connectivity index (χ0n) is 11.6. The monoisotopic (exact) mass is 272 g/mol. The van der Waals surface area contributed by atoms with Crippen LogP contribution in [0.2, 0.25) is 0 Å². The molecule has 20 heavy (non-hydrogen) atoms. The van der Waals surface area contributed by atoms with Crippen LogP contribution in [0.5, 0.6) is 0 Å². The Labute approximate surface area is 118 Å². The molecule has 1 fully saturated rings. The number of rotatable bonds is 3. The fourth-order valence-electron chi connectivity index (χ4n) is 2.75. The van der Waals surface area contributed by atoms with Crippen molar-refractivity contribution < 1.29 is 4.79 Å². The molecule has 0 bridgehead atoms. The summed E-state index contributed by atoms with van der Waals surface area (Å²) in [5, 5.41) is 3.97. The van der Waals surface area contributed by atoms with Crippen molar-refractivity contribution in [2.75, 3.05) is 26.2 Å². The lowest BCUT2D eigenvalue weighted by Gasteiger charge is -2.26. The number of amides is 1. The zero-order valence-corrected chi connectivity index (χ0v) is 11.6. The van der Waals surface area contributed by atoms with Gasteiger partial charge in [-0.3, -0.25) is 9.55 Å². The van der Waals surface area contributed by atoms with Gasteiger partial charge in [0.1, 0.15) is 0 Å². The van der Waals surface area contributed by atoms with E-state index in [1.807, 2.05) is 12.1 Å². The number of hydrogen-bond donors (Lipinski definition) is 1. The molecule has 3 rings (SSSR count). The molecule has 106 valence electrons. The predicted octanol–water partition coefficient (Wildman–Crippen LogP) is 2.08. The van der Waals surface area contributed by atoms with Gasteiger partial charge in [0.05, 0.1) is 5.52 Å². The highest BCUT2D eigenvalue weighted by molar-refractivity contribution is 5.91. The zero-order chi connectivity index (χ0) is 13.8. The standard InChI is InChI=1S/C15H20N4O/c20-15(17-7-11-18-8-2-1-3-9-18)19-10-5-13-12-16-6-4-14(13)19/h4-6,10,12H,1-3,7-9,11H2,(H,17,20). The molecule has 1 saturated heterocycles. The van der Waals surface area contributed by atoms with Crippen LogP contribution in [0.1, 0.15) is 19.3 Å². The first-order valence-electron chi connectivity index (χ1n) is 7.26. The van der Waals surface area contributed by atoms with Gasteiger partial charge in [-0.2, -0.15) is 0 Å². The normalized spacial score (nSPS) is 16.4. The Morgan fingerprint density at radius 3 is 2.95 bits per heavy atom. The van der Waals surface area contributed by atoms with E-state index in [4.69, 9.17) is 0 Å². The van der Waals surface area contributed by atoms with Crippen molar-refractivity contribution in [1.29, 1.82) is 0 Å². The topological polar surface area (TPSA) is 50.2 Å². The molecular weight excluding hydrogens is 252 g/mol. The maximum atomic E-state index is 12.2. The largest absolute Gasteiger partial charge is 0.336 e. The van der Waals surface area contributed by atoms with Crippen LogP contribution in [0.15, 0.2) is 30.7 Å². The lowest BCUT2D eigenvalue weighted by Crippen LogP contribution is -2.38. The van der Waals surface area contributed by atoms with Crippen molar-refractivity contribution in [3.05, 3.63) is 30.7 Å². The molecule has 5 nitrogen and oxygen atoms in total. The first-order chi connectivity index (χ1) is 9.84. The van der Waals surface area contributed by atoms with E-state index >= 15 is 0 Å². The molecule has 0 atom stereocenters. The number of carbonyl (C=O) groups is 1. The summed E-state index contributed by atoms with van der Waals surface area (Å²) in [5.41, 5.74) is 0.899. The van der Waals surface area contributed by atoms with Gasteiger partial charge < -0.3 is 10.2 Å². The third-order valence-electron chi connectivity index (χ3n) is 3.86. The predicted molar refractivity (Wildman–Crippen MR) is 78.8 cm³/mol. The molecule has 0 saturated carbocycles. The molecule has 3 heterocycles. The maximum absolute atomic E-state index is 12.2. The Balaban J connectivity index is 1.56. The summed E-state index contributed by atoms with van der Waals surface area (Å²) in [4.78, 5) is 18.6. The summed E-state index contributed by atoms with van der Waals surface area (Å²) in [7, 11) is 0. The average Bonchev–Trinajstić information content (AvgIpc) is 2.92. The highest BCUT2D eigenvalue weighted by atomic mass is 16.2. The van der Waals surface area contributed by atoms with Crippen LogP contribution in [0.4, 0.5) is 4.79 Å². The van der Waals surface area contributed by atoms with Crippen LogP contribution >= 0.6 is 0 Å². The average molecular weight is 272 g/mol. The molecule has 0 unspecified atom stereocenters. The number of nitrogens with one attached hydrogen (secondary N) is 1. The first kappa shape index (κ1) is 13.1. The third kappa shape index (κ3) is 2.82. The number of carbonyl (C=O) groups excluding carboxylic acids is 1. The van der Waals surface area contributed by atoms with E-state index < -0.39 is 0 Å². The second-order valence-corrected chi connectivity index (χ2v) is 5.25. The molecule has 1 aliphatic heterocycles. The van der Waals surface area contributed by atoms with Crippen LogP contribution in [0.3, 0.4) is 0 Å². The second kappa shape index (κ2) is 6.05. The first-order valence-corrected chi connectivity index (χ1v) is 7.26. The Bertz CT molecular complexity index is 586. The summed E-state index contributed by atoms with van der Waals surface area (Å²) in [6.45, 7) is 3.96. The summed E-state index contributed by atoms with van der Waals surface area (Å²) in [6.07, 6.45) is 9.17. The van der Waals surface area contributed by atoms with Crippen molar-refractivity contribution in [3.63, 3.8) is 0 Å². The summed E-state index contributed by atoms with van der Waals surface area (Å²) in [5.74, 6) is 0.